The number of methoxy groups -OCH3 is 1. The van der Waals surface area contributed by atoms with Crippen LogP contribution in [0.25, 0.3) is 0 Å². The lowest BCUT2D eigenvalue weighted by Crippen LogP contribution is -2.25. The number of carbonyl (C=O) groups excluding carboxylic acids is 1. The molecule has 0 spiro atoms. The Morgan fingerprint density at radius 1 is 0.971 bits per heavy atom. The summed E-state index contributed by atoms with van der Waals surface area (Å²) >= 11 is 1.64. The van der Waals surface area contributed by atoms with Crippen LogP contribution in [0.2, 0.25) is 0 Å². The highest BCUT2D eigenvalue weighted by Gasteiger charge is 2.21. The van der Waals surface area contributed by atoms with Crippen molar-refractivity contribution in [1.82, 2.24) is 9.97 Å². The molecule has 1 N–H and O–H groups in total. The SMILES string of the molecule is COC(=O)C(Cc1cccc(CSc2ncc[nH]2)c1)N=C(c1ccccc1)c1ccccc1.P. The van der Waals surface area contributed by atoms with Crippen LogP contribution in [0.5, 0.6) is 0 Å². The summed E-state index contributed by atoms with van der Waals surface area (Å²) in [6, 6.07) is 27.4. The number of nitrogens with zero attached hydrogens (tertiary/aromatic N) is 2. The number of aliphatic imine (C=N–C) groups is 1. The number of ether oxygens (including phenoxy) is 1. The van der Waals surface area contributed by atoms with Gasteiger partial charge in [-0.15, -0.1) is 0 Å². The van der Waals surface area contributed by atoms with Crippen LogP contribution in [0.4, 0.5) is 0 Å². The molecule has 0 saturated heterocycles. The summed E-state index contributed by atoms with van der Waals surface area (Å²) in [5, 5.41) is 0.882. The molecule has 0 radical (unpaired) electrons. The lowest BCUT2D eigenvalue weighted by Gasteiger charge is -2.15. The van der Waals surface area contributed by atoms with Crippen LogP contribution in [0, 0.1) is 0 Å². The first-order chi connectivity index (χ1) is 16.2. The van der Waals surface area contributed by atoms with Gasteiger partial charge in [0.15, 0.2) is 11.2 Å². The van der Waals surface area contributed by atoms with Crippen molar-refractivity contribution in [3.05, 3.63) is 120 Å². The van der Waals surface area contributed by atoms with Crippen LogP contribution >= 0.6 is 21.7 Å². The van der Waals surface area contributed by atoms with Crippen molar-refractivity contribution in [3.8, 4) is 0 Å². The molecule has 4 aromatic rings. The van der Waals surface area contributed by atoms with Gasteiger partial charge in [-0.05, 0) is 11.1 Å². The standard InChI is InChI=1S/C27H25N3O2S.H3P/c1-32-26(31)24(18-20-9-8-10-21(17-20)19-33-27-28-15-16-29-27)30-25(22-11-4-2-5-12-22)23-13-6-3-7-14-23;/h2-17,24H,18-19H2,1H3,(H,28,29);1H3. The molecule has 0 saturated carbocycles. The van der Waals surface area contributed by atoms with Crippen molar-refractivity contribution in [2.45, 2.75) is 23.4 Å². The van der Waals surface area contributed by atoms with Crippen molar-refractivity contribution in [3.63, 3.8) is 0 Å². The molecule has 34 heavy (non-hydrogen) atoms. The van der Waals surface area contributed by atoms with Gasteiger partial charge in [-0.1, -0.05) is 96.7 Å². The first-order valence-corrected chi connectivity index (χ1v) is 11.7. The molecule has 0 fully saturated rings. The number of aromatic nitrogens is 2. The van der Waals surface area contributed by atoms with E-state index in [0.29, 0.717) is 6.42 Å². The van der Waals surface area contributed by atoms with Crippen molar-refractivity contribution >= 4 is 33.3 Å². The van der Waals surface area contributed by atoms with Gasteiger partial charge in [-0.2, -0.15) is 9.90 Å². The van der Waals surface area contributed by atoms with E-state index in [0.717, 1.165) is 38.9 Å². The molecular formula is C27H28N3O2PS. The highest BCUT2D eigenvalue weighted by Crippen LogP contribution is 2.21. The van der Waals surface area contributed by atoms with E-state index in [1.54, 1.807) is 18.0 Å². The zero-order chi connectivity index (χ0) is 22.9. The number of benzene rings is 3. The van der Waals surface area contributed by atoms with E-state index in [2.05, 4.69) is 22.1 Å². The maximum absolute atomic E-state index is 12.7. The summed E-state index contributed by atoms with van der Waals surface area (Å²) < 4.78 is 5.12. The molecule has 4 rings (SSSR count). The quantitative estimate of drug-likeness (QED) is 0.148. The molecule has 1 aromatic heterocycles. The predicted molar refractivity (Wildman–Crippen MR) is 144 cm³/mol. The third kappa shape index (κ3) is 6.89. The van der Waals surface area contributed by atoms with E-state index < -0.39 is 6.04 Å². The van der Waals surface area contributed by atoms with Gasteiger partial charge in [0.2, 0.25) is 0 Å². The van der Waals surface area contributed by atoms with E-state index in [-0.39, 0.29) is 15.9 Å². The Morgan fingerprint density at radius 2 is 1.62 bits per heavy atom. The van der Waals surface area contributed by atoms with Gasteiger partial charge in [0.25, 0.3) is 0 Å². The minimum Gasteiger partial charge on any atom is -0.467 e. The lowest BCUT2D eigenvalue weighted by molar-refractivity contribution is -0.142. The van der Waals surface area contributed by atoms with Crippen LogP contribution in [0.3, 0.4) is 0 Å². The summed E-state index contributed by atoms with van der Waals surface area (Å²) in [5.41, 5.74) is 4.89. The average Bonchev–Trinajstić information content (AvgIpc) is 3.40. The third-order valence-electron chi connectivity index (χ3n) is 5.12. The molecule has 0 amide bonds. The molecule has 2 atom stereocenters. The Balaban J connectivity index is 0.00000324. The Bertz CT molecular complexity index is 1160. The van der Waals surface area contributed by atoms with Crippen molar-refractivity contribution < 1.29 is 9.53 Å². The van der Waals surface area contributed by atoms with Gasteiger partial charge in [0.05, 0.1) is 12.8 Å². The molecule has 1 heterocycles. The van der Waals surface area contributed by atoms with Gasteiger partial charge in [-0.3, -0.25) is 4.99 Å². The van der Waals surface area contributed by atoms with Crippen LogP contribution in [-0.4, -0.2) is 34.8 Å². The molecule has 0 aliphatic carbocycles. The smallest absolute Gasteiger partial charge is 0.330 e. The number of carbonyl (C=O) groups is 1. The maximum atomic E-state index is 12.7. The van der Waals surface area contributed by atoms with Crippen molar-refractivity contribution in [2.24, 2.45) is 4.99 Å². The van der Waals surface area contributed by atoms with Gasteiger partial charge in [-0.25, -0.2) is 9.78 Å². The molecule has 5 nitrogen and oxygen atoms in total. The minimum atomic E-state index is -0.654. The summed E-state index contributed by atoms with van der Waals surface area (Å²) in [6.45, 7) is 0. The fourth-order valence-electron chi connectivity index (χ4n) is 3.53. The second-order valence-electron chi connectivity index (χ2n) is 7.46. The summed E-state index contributed by atoms with van der Waals surface area (Å²) in [6.07, 6.45) is 4.01. The Morgan fingerprint density at radius 3 is 2.21 bits per heavy atom. The number of imidazole rings is 1. The Hall–Kier alpha value is -3.21. The third-order valence-corrected chi connectivity index (χ3v) is 6.10. The second kappa shape index (κ2) is 12.9. The molecule has 0 aliphatic heterocycles. The molecule has 0 aliphatic rings. The molecule has 7 heteroatoms. The van der Waals surface area contributed by atoms with Crippen molar-refractivity contribution in [2.75, 3.05) is 7.11 Å². The number of esters is 1. The van der Waals surface area contributed by atoms with E-state index in [9.17, 15) is 4.79 Å². The van der Waals surface area contributed by atoms with Gasteiger partial charge < -0.3 is 9.72 Å². The number of hydrogen-bond acceptors (Lipinski definition) is 5. The van der Waals surface area contributed by atoms with Gasteiger partial charge >= 0.3 is 5.97 Å². The summed E-state index contributed by atoms with van der Waals surface area (Å²) in [7, 11) is 1.41. The molecular weight excluding hydrogens is 461 g/mol. The van der Waals surface area contributed by atoms with Gasteiger partial charge in [0, 0.05) is 35.7 Å². The van der Waals surface area contributed by atoms with Crippen LogP contribution in [0.15, 0.2) is 107 Å². The minimum absolute atomic E-state index is 0. The topological polar surface area (TPSA) is 67.3 Å². The van der Waals surface area contributed by atoms with E-state index in [1.807, 2.05) is 79.0 Å². The summed E-state index contributed by atoms with van der Waals surface area (Å²) in [5.74, 6) is 0.432. The maximum Gasteiger partial charge on any atom is 0.330 e. The number of aromatic amines is 1. The zero-order valence-electron chi connectivity index (χ0n) is 19.1. The molecule has 2 unspecified atom stereocenters. The predicted octanol–water partition coefficient (Wildman–Crippen LogP) is 5.38. The number of rotatable bonds is 9. The number of nitrogens with one attached hydrogen (secondary N) is 1. The second-order valence-corrected chi connectivity index (χ2v) is 8.42. The number of thioether (sulfide) groups is 1. The Kier molecular flexibility index (Phi) is 9.62. The van der Waals surface area contributed by atoms with E-state index in [1.165, 1.54) is 7.11 Å². The first kappa shape index (κ1) is 25.4. The summed E-state index contributed by atoms with van der Waals surface area (Å²) in [4.78, 5) is 25.0. The Labute approximate surface area is 207 Å². The molecule has 3 aromatic carbocycles. The largest absolute Gasteiger partial charge is 0.467 e. The van der Waals surface area contributed by atoms with Crippen LogP contribution in [0.1, 0.15) is 22.3 Å². The van der Waals surface area contributed by atoms with Crippen LogP contribution in [-0.2, 0) is 21.7 Å². The van der Waals surface area contributed by atoms with Crippen molar-refractivity contribution in [1.29, 1.82) is 0 Å². The molecule has 0 bridgehead atoms. The first-order valence-electron chi connectivity index (χ1n) is 10.7. The number of H-pyrrole nitrogens is 1. The monoisotopic (exact) mass is 489 g/mol. The number of hydrogen-bond donors (Lipinski definition) is 1. The normalized spacial score (nSPS) is 11.2. The molecule has 174 valence electrons. The average molecular weight is 490 g/mol. The van der Waals surface area contributed by atoms with Gasteiger partial charge in [0.1, 0.15) is 0 Å². The highest BCUT2D eigenvalue weighted by atomic mass is 32.2. The fraction of sp³-hybridized carbons (Fsp3) is 0.148. The zero-order valence-corrected chi connectivity index (χ0v) is 21.3. The lowest BCUT2D eigenvalue weighted by atomic mass is 10.00. The van der Waals surface area contributed by atoms with E-state index >= 15 is 0 Å². The van der Waals surface area contributed by atoms with Crippen LogP contribution < -0.4 is 0 Å². The fourth-order valence-corrected chi connectivity index (χ4v) is 4.30. The van der Waals surface area contributed by atoms with E-state index in [4.69, 9.17) is 9.73 Å². The highest BCUT2D eigenvalue weighted by molar-refractivity contribution is 7.98.